The van der Waals surface area contributed by atoms with Crippen molar-refractivity contribution < 1.29 is 9.47 Å². The molecule has 17 heavy (non-hydrogen) atoms. The third-order valence-electron chi connectivity index (χ3n) is 2.57. The van der Waals surface area contributed by atoms with Crippen molar-refractivity contribution in [3.63, 3.8) is 0 Å². The molecule has 0 heterocycles. The van der Waals surface area contributed by atoms with E-state index in [0.717, 1.165) is 26.3 Å². The van der Waals surface area contributed by atoms with Crippen LogP contribution < -0.4 is 0 Å². The molecule has 0 saturated carbocycles. The average molecular weight is 244 g/mol. The van der Waals surface area contributed by atoms with E-state index in [0.29, 0.717) is 6.17 Å². The van der Waals surface area contributed by atoms with Crippen LogP contribution in [0.1, 0.15) is 13.8 Å². The summed E-state index contributed by atoms with van der Waals surface area (Å²) >= 11 is 0. The minimum Gasteiger partial charge on any atom is -0.383 e. The highest BCUT2D eigenvalue weighted by Gasteiger charge is 2.13. The molecule has 0 N–H and O–H groups in total. The normalized spacial score (nSPS) is 10.4. The molecule has 0 amide bonds. The Morgan fingerprint density at radius 1 is 1.06 bits per heavy atom. The molecule has 0 bridgehead atoms. The van der Waals surface area contributed by atoms with Crippen molar-refractivity contribution in [2.75, 3.05) is 54.6 Å². The second-order valence-corrected chi connectivity index (χ2v) is 3.87. The quantitative estimate of drug-likeness (QED) is 0.472. The predicted molar refractivity (Wildman–Crippen MR) is 73.0 cm³/mol. The van der Waals surface area contributed by atoms with Gasteiger partial charge in [0.1, 0.15) is 0 Å². The molecule has 0 rings (SSSR count). The van der Waals surface area contributed by atoms with Crippen LogP contribution in [0.4, 0.5) is 0 Å². The van der Waals surface area contributed by atoms with E-state index in [4.69, 9.17) is 9.47 Å². The van der Waals surface area contributed by atoms with E-state index in [1.165, 1.54) is 0 Å². The van der Waals surface area contributed by atoms with Crippen LogP contribution in [0.3, 0.4) is 0 Å². The standard InChI is InChI=1S/C10H24N2O2.C3H4/c1-10(11(2)6-8-13-4)12(3)7-9-14-5;1-3-2/h10H,6-9H2,1-5H3;1H,2H3. The SMILES string of the molecule is C#CC.COCCN(C)C(C)N(C)CCOC. The van der Waals surface area contributed by atoms with Gasteiger partial charge in [0.25, 0.3) is 0 Å². The summed E-state index contributed by atoms with van der Waals surface area (Å²) < 4.78 is 10.1. The molecule has 0 unspecified atom stereocenters. The van der Waals surface area contributed by atoms with Crippen LogP contribution in [-0.2, 0) is 9.47 Å². The summed E-state index contributed by atoms with van der Waals surface area (Å²) in [5.74, 6) is 2.25. The number of rotatable bonds is 8. The molecule has 4 heteroatoms. The molecule has 0 aromatic heterocycles. The van der Waals surface area contributed by atoms with E-state index in [1.807, 2.05) is 0 Å². The topological polar surface area (TPSA) is 24.9 Å². The zero-order chi connectivity index (χ0) is 13.7. The van der Waals surface area contributed by atoms with E-state index in [-0.39, 0.29) is 0 Å². The highest BCUT2D eigenvalue weighted by molar-refractivity contribution is 4.73. The lowest BCUT2D eigenvalue weighted by molar-refractivity contribution is 0.0527. The van der Waals surface area contributed by atoms with Gasteiger partial charge in [0.05, 0.1) is 19.4 Å². The van der Waals surface area contributed by atoms with Crippen LogP contribution in [-0.4, -0.2) is 70.6 Å². The van der Waals surface area contributed by atoms with Gasteiger partial charge in [-0.2, -0.15) is 0 Å². The summed E-state index contributed by atoms with van der Waals surface area (Å²) in [6.07, 6.45) is 5.01. The molecule has 0 aliphatic carbocycles. The van der Waals surface area contributed by atoms with Crippen molar-refractivity contribution in [1.82, 2.24) is 9.80 Å². The summed E-state index contributed by atoms with van der Waals surface area (Å²) in [4.78, 5) is 4.53. The number of likely N-dealkylation sites (N-methyl/N-ethyl adjacent to an activating group) is 2. The maximum absolute atomic E-state index is 5.04. The molecule has 4 nitrogen and oxygen atoms in total. The molecule has 0 aromatic carbocycles. The lowest BCUT2D eigenvalue weighted by Gasteiger charge is -2.32. The van der Waals surface area contributed by atoms with Crippen molar-refractivity contribution in [2.24, 2.45) is 0 Å². The molecular formula is C13H28N2O2. The van der Waals surface area contributed by atoms with Crippen molar-refractivity contribution in [1.29, 1.82) is 0 Å². The van der Waals surface area contributed by atoms with Gasteiger partial charge in [-0.25, -0.2) is 0 Å². The summed E-state index contributed by atoms with van der Waals surface area (Å²) in [6, 6.07) is 0. The van der Waals surface area contributed by atoms with Gasteiger partial charge in [-0.05, 0) is 27.9 Å². The third-order valence-corrected chi connectivity index (χ3v) is 2.57. The lowest BCUT2D eigenvalue weighted by Crippen LogP contribution is -2.44. The van der Waals surface area contributed by atoms with Gasteiger partial charge in [0.2, 0.25) is 0 Å². The monoisotopic (exact) mass is 244 g/mol. The number of hydrogen-bond acceptors (Lipinski definition) is 4. The maximum Gasteiger partial charge on any atom is 0.0590 e. The largest absolute Gasteiger partial charge is 0.383 e. The Kier molecular flexibility index (Phi) is 14.9. The first kappa shape index (κ1) is 18.8. The Labute approximate surface area is 107 Å². The summed E-state index contributed by atoms with van der Waals surface area (Å²) in [5, 5.41) is 0. The number of methoxy groups -OCH3 is 2. The Morgan fingerprint density at radius 3 is 1.59 bits per heavy atom. The van der Waals surface area contributed by atoms with Crippen LogP contribution in [0.25, 0.3) is 0 Å². The van der Waals surface area contributed by atoms with Gasteiger partial charge in [-0.15, -0.1) is 12.3 Å². The smallest absolute Gasteiger partial charge is 0.0590 e. The van der Waals surface area contributed by atoms with E-state index in [2.05, 4.69) is 43.2 Å². The maximum atomic E-state index is 5.04. The fraction of sp³-hybridized carbons (Fsp3) is 0.846. The molecule has 0 aromatic rings. The van der Waals surface area contributed by atoms with Gasteiger partial charge in [-0.1, -0.05) is 0 Å². The molecule has 0 saturated heterocycles. The summed E-state index contributed by atoms with van der Waals surface area (Å²) in [5.41, 5.74) is 0. The number of ether oxygens (including phenoxy) is 2. The van der Waals surface area contributed by atoms with Crippen LogP contribution >= 0.6 is 0 Å². The minimum atomic E-state index is 0.417. The van der Waals surface area contributed by atoms with Crippen molar-refractivity contribution >= 4 is 0 Å². The molecule has 102 valence electrons. The van der Waals surface area contributed by atoms with Gasteiger partial charge in [0.15, 0.2) is 0 Å². The van der Waals surface area contributed by atoms with E-state index in [9.17, 15) is 0 Å². The molecule has 0 aliphatic heterocycles. The van der Waals surface area contributed by atoms with Crippen LogP contribution in [0, 0.1) is 12.3 Å². The van der Waals surface area contributed by atoms with Crippen LogP contribution in [0.5, 0.6) is 0 Å². The van der Waals surface area contributed by atoms with Crippen LogP contribution in [0.2, 0.25) is 0 Å². The first-order valence-corrected chi connectivity index (χ1v) is 5.80. The summed E-state index contributed by atoms with van der Waals surface area (Å²) in [7, 11) is 7.67. The summed E-state index contributed by atoms with van der Waals surface area (Å²) in [6.45, 7) is 7.30. The highest BCUT2D eigenvalue weighted by Crippen LogP contribution is 2.00. The van der Waals surface area contributed by atoms with Gasteiger partial charge in [-0.3, -0.25) is 9.80 Å². The number of hydrogen-bond donors (Lipinski definition) is 0. The second-order valence-electron chi connectivity index (χ2n) is 3.87. The fourth-order valence-corrected chi connectivity index (χ4v) is 1.18. The van der Waals surface area contributed by atoms with Crippen molar-refractivity contribution in [3.05, 3.63) is 0 Å². The minimum absolute atomic E-state index is 0.417. The predicted octanol–water partition coefficient (Wildman–Crippen LogP) is 1.13. The van der Waals surface area contributed by atoms with Gasteiger partial charge < -0.3 is 9.47 Å². The van der Waals surface area contributed by atoms with Gasteiger partial charge >= 0.3 is 0 Å². The van der Waals surface area contributed by atoms with Crippen molar-refractivity contribution in [3.8, 4) is 12.3 Å². The molecule has 0 aliphatic rings. The highest BCUT2D eigenvalue weighted by atomic mass is 16.5. The van der Waals surface area contributed by atoms with E-state index >= 15 is 0 Å². The molecule has 0 spiro atoms. The Hall–Kier alpha value is -0.600. The fourth-order valence-electron chi connectivity index (χ4n) is 1.18. The van der Waals surface area contributed by atoms with Gasteiger partial charge in [0, 0.05) is 27.3 Å². The molecule has 0 fully saturated rings. The average Bonchev–Trinajstić information content (AvgIpc) is 2.32. The lowest BCUT2D eigenvalue weighted by atomic mass is 10.4. The van der Waals surface area contributed by atoms with E-state index < -0.39 is 0 Å². The van der Waals surface area contributed by atoms with E-state index in [1.54, 1.807) is 21.1 Å². The second kappa shape index (κ2) is 13.5. The number of nitrogens with zero attached hydrogens (tertiary/aromatic N) is 2. The molecular weight excluding hydrogens is 216 g/mol. The Bertz CT molecular complexity index is 178. The zero-order valence-corrected chi connectivity index (χ0v) is 12.2. The Morgan fingerprint density at radius 2 is 1.35 bits per heavy atom. The first-order valence-electron chi connectivity index (χ1n) is 5.80. The molecule has 0 atom stereocenters. The third kappa shape index (κ3) is 11.7. The van der Waals surface area contributed by atoms with Crippen molar-refractivity contribution in [2.45, 2.75) is 20.0 Å². The molecule has 0 radical (unpaired) electrons. The van der Waals surface area contributed by atoms with Crippen LogP contribution in [0.15, 0.2) is 0 Å². The number of terminal acetylenes is 1. The zero-order valence-electron chi connectivity index (χ0n) is 12.2. The Balaban J connectivity index is 0. The first-order chi connectivity index (χ1) is 8.04.